The number of nitrogens with zero attached hydrogens (tertiary/aromatic N) is 3. The van der Waals surface area contributed by atoms with E-state index in [2.05, 4.69) is 25.6 Å². The van der Waals surface area contributed by atoms with Crippen LogP contribution in [0.4, 0.5) is 17.6 Å². The predicted molar refractivity (Wildman–Crippen MR) is 119 cm³/mol. The van der Waals surface area contributed by atoms with Crippen LogP contribution in [0, 0.1) is 12.8 Å². The lowest BCUT2D eigenvalue weighted by Gasteiger charge is -2.20. The topological polar surface area (TPSA) is 132 Å². The van der Waals surface area contributed by atoms with Crippen LogP contribution < -0.4 is 16.4 Å². The van der Waals surface area contributed by atoms with Crippen molar-refractivity contribution >= 4 is 40.8 Å². The van der Waals surface area contributed by atoms with E-state index in [0.29, 0.717) is 4.88 Å². The molecule has 3 aromatic rings. The molecule has 1 aromatic carbocycles. The number of hydrogen-bond donors (Lipinski definition) is 3. The maximum Gasteiger partial charge on any atom is 0.329 e. The zero-order chi connectivity index (χ0) is 22.4. The Balaban J connectivity index is 1.66. The molecule has 0 saturated heterocycles. The number of carbonyl (C=O) groups excluding carboxylic acids is 2. The van der Waals surface area contributed by atoms with Crippen LogP contribution in [-0.4, -0.2) is 32.9 Å². The van der Waals surface area contributed by atoms with E-state index in [1.807, 2.05) is 45.0 Å². The monoisotopic (exact) mass is 440 g/mol. The predicted octanol–water partition coefficient (Wildman–Crippen LogP) is 3.07. The highest BCUT2D eigenvalue weighted by atomic mass is 32.1. The summed E-state index contributed by atoms with van der Waals surface area (Å²) in [6.07, 6.45) is 0. The number of amides is 1. The standard InChI is InChI=1S/C21H24N6O3S/c1-12(2)17(26-18(28)15-9-6-10-31-15)19(29)30-11-16-24-20(22)27-21(25-16)23-14-8-5-4-7-13(14)3/h4-10,12,17H,11H2,1-3H3,(H,26,28)(H3,22,23,24,25,27). The van der Waals surface area contributed by atoms with Gasteiger partial charge < -0.3 is 21.1 Å². The summed E-state index contributed by atoms with van der Waals surface area (Å²) >= 11 is 1.30. The molecule has 1 unspecified atom stereocenters. The molecule has 0 radical (unpaired) electrons. The number of carbonyl (C=O) groups is 2. The summed E-state index contributed by atoms with van der Waals surface area (Å²) in [6, 6.07) is 10.3. The molecule has 162 valence electrons. The molecule has 0 aliphatic rings. The van der Waals surface area contributed by atoms with E-state index < -0.39 is 12.0 Å². The van der Waals surface area contributed by atoms with Crippen molar-refractivity contribution in [3.63, 3.8) is 0 Å². The minimum absolute atomic E-state index is 0.00328. The van der Waals surface area contributed by atoms with Crippen LogP contribution in [0.5, 0.6) is 0 Å². The highest BCUT2D eigenvalue weighted by Crippen LogP contribution is 2.18. The average Bonchev–Trinajstić information content (AvgIpc) is 3.26. The van der Waals surface area contributed by atoms with Gasteiger partial charge in [0.2, 0.25) is 11.9 Å². The first-order chi connectivity index (χ1) is 14.8. The van der Waals surface area contributed by atoms with Crippen LogP contribution in [-0.2, 0) is 16.1 Å². The maximum atomic E-state index is 12.6. The van der Waals surface area contributed by atoms with Crippen molar-refractivity contribution in [2.75, 3.05) is 11.1 Å². The van der Waals surface area contributed by atoms with Crippen LogP contribution in [0.2, 0.25) is 0 Å². The molecule has 0 saturated carbocycles. The number of hydrogen-bond acceptors (Lipinski definition) is 9. The second-order valence-corrected chi connectivity index (χ2v) is 8.10. The van der Waals surface area contributed by atoms with E-state index in [1.54, 1.807) is 17.5 Å². The molecule has 2 aromatic heterocycles. The van der Waals surface area contributed by atoms with Gasteiger partial charge in [0.15, 0.2) is 12.4 Å². The molecule has 1 atom stereocenters. The molecular formula is C21H24N6O3S. The third-order valence-corrected chi connectivity index (χ3v) is 5.25. The number of nitrogen functional groups attached to an aromatic ring is 1. The molecule has 4 N–H and O–H groups in total. The number of benzene rings is 1. The third-order valence-electron chi connectivity index (χ3n) is 4.39. The number of aromatic nitrogens is 3. The molecule has 9 nitrogen and oxygen atoms in total. The second-order valence-electron chi connectivity index (χ2n) is 7.15. The Hall–Kier alpha value is -3.53. The van der Waals surface area contributed by atoms with E-state index in [9.17, 15) is 9.59 Å². The number of ether oxygens (including phenoxy) is 1. The molecule has 0 aliphatic carbocycles. The quantitative estimate of drug-likeness (QED) is 0.455. The van der Waals surface area contributed by atoms with Crippen LogP contribution in [0.15, 0.2) is 41.8 Å². The Labute approximate surface area is 184 Å². The number of nitrogens with one attached hydrogen (secondary N) is 2. The molecular weight excluding hydrogens is 416 g/mol. The van der Waals surface area contributed by atoms with Gasteiger partial charge in [-0.3, -0.25) is 4.79 Å². The number of thiophene rings is 1. The Morgan fingerprint density at radius 1 is 1.13 bits per heavy atom. The zero-order valence-corrected chi connectivity index (χ0v) is 18.3. The number of nitrogens with two attached hydrogens (primary N) is 1. The van der Waals surface area contributed by atoms with Crippen LogP contribution in [0.25, 0.3) is 0 Å². The van der Waals surface area contributed by atoms with Gasteiger partial charge in [-0.15, -0.1) is 11.3 Å². The molecule has 2 heterocycles. The molecule has 10 heteroatoms. The Bertz CT molecular complexity index is 1060. The van der Waals surface area contributed by atoms with Gasteiger partial charge >= 0.3 is 5.97 Å². The summed E-state index contributed by atoms with van der Waals surface area (Å²) in [5, 5.41) is 7.61. The molecule has 1 amide bonds. The van der Waals surface area contributed by atoms with Crippen molar-refractivity contribution in [1.29, 1.82) is 0 Å². The normalized spacial score (nSPS) is 11.7. The molecule has 31 heavy (non-hydrogen) atoms. The molecule has 0 spiro atoms. The Morgan fingerprint density at radius 2 is 1.90 bits per heavy atom. The van der Waals surface area contributed by atoms with Gasteiger partial charge in [0.05, 0.1) is 4.88 Å². The average molecular weight is 441 g/mol. The SMILES string of the molecule is Cc1ccccc1Nc1nc(N)nc(COC(=O)C(NC(=O)c2cccs2)C(C)C)n1. The molecule has 0 aliphatic heterocycles. The summed E-state index contributed by atoms with van der Waals surface area (Å²) in [5.74, 6) is -0.614. The largest absolute Gasteiger partial charge is 0.456 e. The lowest BCUT2D eigenvalue weighted by atomic mass is 10.0. The lowest BCUT2D eigenvalue weighted by Crippen LogP contribution is -2.45. The minimum atomic E-state index is -0.807. The Morgan fingerprint density at radius 3 is 2.58 bits per heavy atom. The first-order valence-corrected chi connectivity index (χ1v) is 10.6. The number of esters is 1. The molecule has 0 bridgehead atoms. The fraction of sp³-hybridized carbons (Fsp3) is 0.286. The van der Waals surface area contributed by atoms with Crippen LogP contribution >= 0.6 is 11.3 Å². The summed E-state index contributed by atoms with van der Waals surface area (Å²) in [5.41, 5.74) is 7.62. The third kappa shape index (κ3) is 5.98. The summed E-state index contributed by atoms with van der Waals surface area (Å²) in [6.45, 7) is 5.40. The summed E-state index contributed by atoms with van der Waals surface area (Å²) in [4.78, 5) is 37.8. The lowest BCUT2D eigenvalue weighted by molar-refractivity contribution is -0.148. The highest BCUT2D eigenvalue weighted by molar-refractivity contribution is 7.12. The highest BCUT2D eigenvalue weighted by Gasteiger charge is 2.27. The van der Waals surface area contributed by atoms with Crippen LogP contribution in [0.3, 0.4) is 0 Å². The maximum absolute atomic E-state index is 12.6. The van der Waals surface area contributed by atoms with Gasteiger partial charge in [-0.1, -0.05) is 38.1 Å². The zero-order valence-electron chi connectivity index (χ0n) is 17.5. The second kappa shape index (κ2) is 9.98. The summed E-state index contributed by atoms with van der Waals surface area (Å²) in [7, 11) is 0. The first-order valence-electron chi connectivity index (χ1n) is 9.67. The van der Waals surface area contributed by atoms with E-state index in [1.165, 1.54) is 11.3 Å². The first kappa shape index (κ1) is 22.2. The van der Waals surface area contributed by atoms with Crippen LogP contribution in [0.1, 0.15) is 34.9 Å². The van der Waals surface area contributed by atoms with Gasteiger partial charge in [0.25, 0.3) is 5.91 Å². The van der Waals surface area contributed by atoms with E-state index in [0.717, 1.165) is 11.3 Å². The van der Waals surface area contributed by atoms with Crippen molar-refractivity contribution < 1.29 is 14.3 Å². The summed E-state index contributed by atoms with van der Waals surface area (Å²) < 4.78 is 5.37. The van der Waals surface area contributed by atoms with Crippen molar-refractivity contribution in [2.45, 2.75) is 33.4 Å². The van der Waals surface area contributed by atoms with Crippen molar-refractivity contribution in [3.8, 4) is 0 Å². The van der Waals surface area contributed by atoms with Gasteiger partial charge in [0, 0.05) is 5.69 Å². The van der Waals surface area contributed by atoms with Crippen molar-refractivity contribution in [2.24, 2.45) is 5.92 Å². The van der Waals surface area contributed by atoms with E-state index in [4.69, 9.17) is 10.5 Å². The fourth-order valence-corrected chi connectivity index (χ4v) is 3.36. The smallest absolute Gasteiger partial charge is 0.329 e. The van der Waals surface area contributed by atoms with E-state index in [-0.39, 0.29) is 36.2 Å². The van der Waals surface area contributed by atoms with Gasteiger partial charge in [0.1, 0.15) is 6.04 Å². The molecule has 3 rings (SSSR count). The van der Waals surface area contributed by atoms with Crippen molar-refractivity contribution in [1.82, 2.24) is 20.3 Å². The van der Waals surface area contributed by atoms with Gasteiger partial charge in [-0.05, 0) is 35.9 Å². The van der Waals surface area contributed by atoms with Gasteiger partial charge in [-0.25, -0.2) is 4.79 Å². The minimum Gasteiger partial charge on any atom is -0.456 e. The van der Waals surface area contributed by atoms with Gasteiger partial charge in [-0.2, -0.15) is 15.0 Å². The fourth-order valence-electron chi connectivity index (χ4n) is 2.74. The molecule has 0 fully saturated rings. The Kier molecular flexibility index (Phi) is 7.14. The number of anilines is 3. The van der Waals surface area contributed by atoms with E-state index >= 15 is 0 Å². The van der Waals surface area contributed by atoms with Crippen molar-refractivity contribution in [3.05, 3.63) is 58.0 Å². The number of aryl methyl sites for hydroxylation is 1. The number of rotatable bonds is 8. The number of para-hydroxylation sites is 1.